The minimum Gasteiger partial charge on any atom is -0.210 e. The Morgan fingerprint density at radius 3 is 2.81 bits per heavy atom. The van der Waals surface area contributed by atoms with Gasteiger partial charge >= 0.3 is 0 Å². The van der Waals surface area contributed by atoms with Crippen LogP contribution in [0.3, 0.4) is 0 Å². The number of unbranched alkanes of at least 4 members (excludes halogenated alkanes) is 1. The van der Waals surface area contributed by atoms with Crippen molar-refractivity contribution in [2.45, 2.75) is 17.1 Å². The normalized spacial score (nSPS) is 10.6. The van der Waals surface area contributed by atoms with Gasteiger partial charge in [-0.2, -0.15) is 5.26 Å². The van der Waals surface area contributed by atoms with Crippen LogP contribution in [0.25, 0.3) is 0 Å². The molecule has 1 rings (SSSR count). The van der Waals surface area contributed by atoms with Gasteiger partial charge in [0.25, 0.3) is 0 Å². The molecule has 84 valence electrons. The Bertz CT molecular complexity index is 532. The molecule has 16 heavy (non-hydrogen) atoms. The third kappa shape index (κ3) is 3.35. The second kappa shape index (κ2) is 5.66. The summed E-state index contributed by atoms with van der Waals surface area (Å²) in [5, 5.41) is 8.59. The molecule has 0 saturated heterocycles. The Balaban J connectivity index is 2.65. The number of rotatable bonds is 5. The first-order valence-corrected chi connectivity index (χ1v) is 6.83. The van der Waals surface area contributed by atoms with Crippen LogP contribution >= 0.6 is 11.3 Å². The van der Waals surface area contributed by atoms with Crippen molar-refractivity contribution < 1.29 is 8.42 Å². The van der Waals surface area contributed by atoms with Crippen molar-refractivity contribution in [1.29, 1.82) is 5.26 Å². The van der Waals surface area contributed by atoms with E-state index in [-0.39, 0.29) is 4.21 Å². The van der Waals surface area contributed by atoms with Crippen LogP contribution in [0.1, 0.15) is 17.7 Å². The number of thiophene rings is 1. The summed E-state index contributed by atoms with van der Waals surface area (Å²) in [6, 6.07) is 4.81. The highest BCUT2D eigenvalue weighted by molar-refractivity contribution is 7.91. The van der Waals surface area contributed by atoms with Crippen LogP contribution < -0.4 is 4.72 Å². The zero-order valence-corrected chi connectivity index (χ0v) is 10.1. The number of nitriles is 1. The quantitative estimate of drug-likeness (QED) is 0.636. The highest BCUT2D eigenvalue weighted by atomic mass is 32.2. The van der Waals surface area contributed by atoms with Gasteiger partial charge in [0.05, 0.1) is 0 Å². The molecule has 0 spiro atoms. The number of nitrogens with one attached hydrogen (secondary N) is 1. The van der Waals surface area contributed by atoms with Gasteiger partial charge < -0.3 is 0 Å². The number of terminal acetylenes is 1. The van der Waals surface area contributed by atoms with Crippen LogP contribution in [0, 0.1) is 23.7 Å². The second-order valence-electron chi connectivity index (χ2n) is 2.94. The molecule has 0 aliphatic carbocycles. The van der Waals surface area contributed by atoms with E-state index in [4.69, 9.17) is 11.7 Å². The Kier molecular flexibility index (Phi) is 4.51. The van der Waals surface area contributed by atoms with Crippen LogP contribution in [0.15, 0.2) is 16.3 Å². The highest BCUT2D eigenvalue weighted by Crippen LogP contribution is 2.20. The lowest BCUT2D eigenvalue weighted by Gasteiger charge is -2.02. The Morgan fingerprint density at radius 2 is 2.25 bits per heavy atom. The third-order valence-electron chi connectivity index (χ3n) is 1.75. The molecule has 0 aromatic carbocycles. The summed E-state index contributed by atoms with van der Waals surface area (Å²) in [4.78, 5) is 0.379. The van der Waals surface area contributed by atoms with Crippen LogP contribution in [-0.4, -0.2) is 15.0 Å². The van der Waals surface area contributed by atoms with Crippen molar-refractivity contribution in [3.63, 3.8) is 0 Å². The van der Waals surface area contributed by atoms with E-state index >= 15 is 0 Å². The summed E-state index contributed by atoms with van der Waals surface area (Å²) >= 11 is 0.952. The number of hydrogen-bond donors (Lipinski definition) is 1. The van der Waals surface area contributed by atoms with Crippen molar-refractivity contribution >= 4 is 21.4 Å². The molecule has 0 fully saturated rings. The highest BCUT2D eigenvalue weighted by Gasteiger charge is 2.15. The second-order valence-corrected chi connectivity index (χ2v) is 6.01. The summed E-state index contributed by atoms with van der Waals surface area (Å²) in [6.07, 6.45) is 6.19. The van der Waals surface area contributed by atoms with E-state index in [0.29, 0.717) is 24.3 Å². The van der Waals surface area contributed by atoms with E-state index in [1.165, 1.54) is 12.1 Å². The summed E-state index contributed by atoms with van der Waals surface area (Å²) < 4.78 is 25.9. The molecule has 0 aliphatic heterocycles. The van der Waals surface area contributed by atoms with Gasteiger partial charge in [-0.05, 0) is 18.6 Å². The summed E-state index contributed by atoms with van der Waals surface area (Å²) in [5.74, 6) is 2.43. The van der Waals surface area contributed by atoms with E-state index < -0.39 is 10.0 Å². The SMILES string of the molecule is C#CCCCNS(=O)(=O)c1ccc(C#N)s1. The van der Waals surface area contributed by atoms with Crippen molar-refractivity contribution in [3.8, 4) is 18.4 Å². The zero-order chi connectivity index (χ0) is 12.0. The molecule has 1 N–H and O–H groups in total. The van der Waals surface area contributed by atoms with Crippen molar-refractivity contribution in [2.75, 3.05) is 6.54 Å². The zero-order valence-electron chi connectivity index (χ0n) is 8.43. The predicted octanol–water partition coefficient (Wildman–Crippen LogP) is 1.31. The largest absolute Gasteiger partial charge is 0.250 e. The van der Waals surface area contributed by atoms with Gasteiger partial charge in [0.15, 0.2) is 0 Å². The van der Waals surface area contributed by atoms with Gasteiger partial charge in [-0.25, -0.2) is 13.1 Å². The standard InChI is InChI=1S/C10H10N2O2S2/c1-2-3-4-7-12-16(13,14)10-6-5-9(8-11)15-10/h1,5-6,12H,3-4,7H2. The topological polar surface area (TPSA) is 70.0 Å². The fourth-order valence-corrected chi connectivity index (χ4v) is 3.21. The third-order valence-corrected chi connectivity index (χ3v) is 4.69. The summed E-state index contributed by atoms with van der Waals surface area (Å²) in [6.45, 7) is 0.312. The van der Waals surface area contributed by atoms with Gasteiger partial charge in [0.2, 0.25) is 10.0 Å². The lowest BCUT2D eigenvalue weighted by molar-refractivity contribution is 0.582. The molecule has 0 unspecified atom stereocenters. The first kappa shape index (κ1) is 12.7. The number of hydrogen-bond acceptors (Lipinski definition) is 4. The maximum atomic E-state index is 11.7. The van der Waals surface area contributed by atoms with Gasteiger partial charge in [0, 0.05) is 13.0 Å². The average molecular weight is 254 g/mol. The lowest BCUT2D eigenvalue weighted by Crippen LogP contribution is -2.23. The van der Waals surface area contributed by atoms with Crippen molar-refractivity contribution in [2.24, 2.45) is 0 Å². The molecule has 0 amide bonds. The molecular weight excluding hydrogens is 244 g/mol. The number of sulfonamides is 1. The minimum absolute atomic E-state index is 0.157. The molecular formula is C10H10N2O2S2. The van der Waals surface area contributed by atoms with Gasteiger partial charge in [-0.3, -0.25) is 0 Å². The molecule has 0 radical (unpaired) electrons. The first-order valence-electron chi connectivity index (χ1n) is 4.53. The first-order chi connectivity index (χ1) is 7.60. The Hall–Kier alpha value is -1.34. The average Bonchev–Trinajstić information content (AvgIpc) is 2.73. The van der Waals surface area contributed by atoms with Gasteiger partial charge in [-0.15, -0.1) is 23.7 Å². The summed E-state index contributed by atoms with van der Waals surface area (Å²) in [5.41, 5.74) is 0. The minimum atomic E-state index is -3.48. The van der Waals surface area contributed by atoms with Gasteiger partial charge in [0.1, 0.15) is 15.2 Å². The molecule has 0 aliphatic rings. The maximum absolute atomic E-state index is 11.7. The van der Waals surface area contributed by atoms with Crippen LogP contribution in [0.4, 0.5) is 0 Å². The molecule has 6 heteroatoms. The summed E-state index contributed by atoms with van der Waals surface area (Å²) in [7, 11) is -3.48. The Morgan fingerprint density at radius 1 is 1.50 bits per heavy atom. The maximum Gasteiger partial charge on any atom is 0.250 e. The van der Waals surface area contributed by atoms with E-state index in [0.717, 1.165) is 11.3 Å². The van der Waals surface area contributed by atoms with E-state index in [2.05, 4.69) is 10.6 Å². The van der Waals surface area contributed by atoms with Crippen molar-refractivity contribution in [3.05, 3.63) is 17.0 Å². The molecule has 1 aromatic heterocycles. The smallest absolute Gasteiger partial charge is 0.210 e. The van der Waals surface area contributed by atoms with E-state index in [1.54, 1.807) is 0 Å². The predicted molar refractivity (Wildman–Crippen MR) is 62.3 cm³/mol. The molecule has 0 bridgehead atoms. The van der Waals surface area contributed by atoms with E-state index in [1.807, 2.05) is 6.07 Å². The molecule has 1 aromatic rings. The number of nitrogens with zero attached hydrogens (tertiary/aromatic N) is 1. The van der Waals surface area contributed by atoms with Crippen LogP contribution in [-0.2, 0) is 10.0 Å². The molecule has 4 nitrogen and oxygen atoms in total. The van der Waals surface area contributed by atoms with Crippen LogP contribution in [0.5, 0.6) is 0 Å². The lowest BCUT2D eigenvalue weighted by atomic mass is 10.3. The van der Waals surface area contributed by atoms with Crippen LogP contribution in [0.2, 0.25) is 0 Å². The van der Waals surface area contributed by atoms with E-state index in [9.17, 15) is 8.42 Å². The fraction of sp³-hybridized carbons (Fsp3) is 0.300. The fourth-order valence-electron chi connectivity index (χ4n) is 0.993. The Labute approximate surface area is 99.0 Å². The molecule has 1 heterocycles. The molecule has 0 saturated carbocycles. The van der Waals surface area contributed by atoms with Crippen molar-refractivity contribution in [1.82, 2.24) is 4.72 Å². The monoisotopic (exact) mass is 254 g/mol. The molecule has 0 atom stereocenters. The van der Waals surface area contributed by atoms with Gasteiger partial charge in [-0.1, -0.05) is 0 Å².